The van der Waals surface area contributed by atoms with Crippen molar-refractivity contribution in [1.29, 1.82) is 0 Å². The minimum Gasteiger partial charge on any atom is -0.508 e. The van der Waals surface area contributed by atoms with Crippen LogP contribution in [0, 0.1) is 0 Å². The van der Waals surface area contributed by atoms with Gasteiger partial charge in [-0.3, -0.25) is 0 Å². The van der Waals surface area contributed by atoms with Gasteiger partial charge in [-0.1, -0.05) is 19.4 Å². The molecule has 21 heavy (non-hydrogen) atoms. The summed E-state index contributed by atoms with van der Waals surface area (Å²) in [5.41, 5.74) is 3.26. The molecule has 0 aliphatic rings. The fourth-order valence-electron chi connectivity index (χ4n) is 2.57. The lowest BCUT2D eigenvalue weighted by atomic mass is 10.1. The first-order valence-electron chi connectivity index (χ1n) is 7.11. The maximum atomic E-state index is 9.43. The second-order valence-electron chi connectivity index (χ2n) is 5.09. The molecule has 3 heteroatoms. The van der Waals surface area contributed by atoms with Gasteiger partial charge in [-0.25, -0.2) is 0 Å². The average molecular weight is 298 g/mol. The third-order valence-electron chi connectivity index (χ3n) is 3.58. The first-order chi connectivity index (χ1) is 10.2. The Kier molecular flexibility index (Phi) is 3.93. The SMILES string of the molecule is CCCc1ccc2oc(-c3ccc(O)cc3)c(SC)c2c1. The van der Waals surface area contributed by atoms with E-state index in [0.29, 0.717) is 0 Å². The predicted octanol–water partition coefficient (Wildman–Crippen LogP) is 5.48. The summed E-state index contributed by atoms with van der Waals surface area (Å²) >= 11 is 1.70. The monoisotopic (exact) mass is 298 g/mol. The Hall–Kier alpha value is -1.87. The number of rotatable bonds is 4. The average Bonchev–Trinajstić information content (AvgIpc) is 2.86. The lowest BCUT2D eigenvalue weighted by Crippen LogP contribution is -1.82. The molecule has 0 aliphatic heterocycles. The van der Waals surface area contributed by atoms with E-state index in [1.54, 1.807) is 23.9 Å². The van der Waals surface area contributed by atoms with E-state index in [2.05, 4.69) is 31.4 Å². The summed E-state index contributed by atoms with van der Waals surface area (Å²) in [5.74, 6) is 1.15. The van der Waals surface area contributed by atoms with E-state index >= 15 is 0 Å². The van der Waals surface area contributed by atoms with Crippen LogP contribution in [0.1, 0.15) is 18.9 Å². The molecular weight excluding hydrogens is 280 g/mol. The lowest BCUT2D eigenvalue weighted by Gasteiger charge is -2.01. The summed E-state index contributed by atoms with van der Waals surface area (Å²) in [5, 5.41) is 10.6. The first-order valence-corrected chi connectivity index (χ1v) is 8.34. The van der Waals surface area contributed by atoms with E-state index in [9.17, 15) is 5.11 Å². The number of furan rings is 1. The van der Waals surface area contributed by atoms with E-state index in [0.717, 1.165) is 34.6 Å². The molecule has 0 amide bonds. The van der Waals surface area contributed by atoms with Crippen molar-refractivity contribution in [1.82, 2.24) is 0 Å². The molecule has 2 nitrogen and oxygen atoms in total. The highest BCUT2D eigenvalue weighted by atomic mass is 32.2. The van der Waals surface area contributed by atoms with Crippen LogP contribution in [0.4, 0.5) is 0 Å². The van der Waals surface area contributed by atoms with Crippen LogP contribution < -0.4 is 0 Å². The smallest absolute Gasteiger partial charge is 0.148 e. The molecule has 2 aromatic carbocycles. The van der Waals surface area contributed by atoms with Gasteiger partial charge in [-0.2, -0.15) is 0 Å². The zero-order valence-corrected chi connectivity index (χ0v) is 13.0. The third-order valence-corrected chi connectivity index (χ3v) is 4.39. The van der Waals surface area contributed by atoms with Crippen LogP contribution in [0.25, 0.3) is 22.3 Å². The Bertz CT molecular complexity index is 757. The van der Waals surface area contributed by atoms with Gasteiger partial charge in [0.05, 0.1) is 4.90 Å². The van der Waals surface area contributed by atoms with Gasteiger partial charge in [-0.05, 0) is 54.6 Å². The molecule has 0 fully saturated rings. The summed E-state index contributed by atoms with van der Waals surface area (Å²) in [4.78, 5) is 1.16. The normalized spacial score (nSPS) is 11.1. The number of aryl methyl sites for hydroxylation is 1. The van der Waals surface area contributed by atoms with Crippen molar-refractivity contribution in [2.75, 3.05) is 6.26 Å². The molecule has 1 aromatic heterocycles. The highest BCUT2D eigenvalue weighted by Gasteiger charge is 2.15. The Morgan fingerprint density at radius 1 is 1.10 bits per heavy atom. The summed E-state index contributed by atoms with van der Waals surface area (Å²) in [6.45, 7) is 2.19. The molecule has 0 unspecified atom stereocenters. The Morgan fingerprint density at radius 2 is 1.86 bits per heavy atom. The van der Waals surface area contributed by atoms with Crippen LogP contribution in [0.5, 0.6) is 5.75 Å². The van der Waals surface area contributed by atoms with E-state index in [1.807, 2.05) is 12.1 Å². The summed E-state index contributed by atoms with van der Waals surface area (Å²) in [7, 11) is 0. The van der Waals surface area contributed by atoms with Gasteiger partial charge < -0.3 is 9.52 Å². The second-order valence-corrected chi connectivity index (χ2v) is 5.91. The number of hydrogen-bond acceptors (Lipinski definition) is 3. The number of hydrogen-bond donors (Lipinski definition) is 1. The maximum Gasteiger partial charge on any atom is 0.148 e. The quantitative estimate of drug-likeness (QED) is 0.647. The molecule has 0 saturated heterocycles. The molecule has 3 rings (SSSR count). The van der Waals surface area contributed by atoms with Crippen molar-refractivity contribution in [2.24, 2.45) is 0 Å². The molecular formula is C18H18O2S. The molecule has 3 aromatic rings. The fourth-order valence-corrected chi connectivity index (χ4v) is 3.30. The molecule has 0 aliphatic carbocycles. The summed E-state index contributed by atoms with van der Waals surface area (Å²) in [6.07, 6.45) is 4.30. The fraction of sp³-hybridized carbons (Fsp3) is 0.222. The lowest BCUT2D eigenvalue weighted by molar-refractivity contribution is 0.475. The highest BCUT2D eigenvalue weighted by Crippen LogP contribution is 2.40. The Morgan fingerprint density at radius 3 is 2.52 bits per heavy atom. The molecule has 0 atom stereocenters. The van der Waals surface area contributed by atoms with E-state index < -0.39 is 0 Å². The van der Waals surface area contributed by atoms with E-state index in [1.165, 1.54) is 10.9 Å². The molecule has 1 N–H and O–H groups in total. The minimum absolute atomic E-state index is 0.269. The number of phenols is 1. The Labute approximate surface area is 128 Å². The van der Waals surface area contributed by atoms with Crippen LogP contribution in [0.3, 0.4) is 0 Å². The van der Waals surface area contributed by atoms with E-state index in [-0.39, 0.29) is 5.75 Å². The second kappa shape index (κ2) is 5.86. The summed E-state index contributed by atoms with van der Waals surface area (Å²) < 4.78 is 6.05. The first kappa shape index (κ1) is 14.1. The minimum atomic E-state index is 0.269. The van der Waals surface area contributed by atoms with Crippen molar-refractivity contribution in [2.45, 2.75) is 24.7 Å². The van der Waals surface area contributed by atoms with Gasteiger partial charge in [0.2, 0.25) is 0 Å². The molecule has 0 radical (unpaired) electrons. The van der Waals surface area contributed by atoms with Crippen LogP contribution >= 0.6 is 11.8 Å². The zero-order chi connectivity index (χ0) is 14.8. The largest absolute Gasteiger partial charge is 0.508 e. The zero-order valence-electron chi connectivity index (χ0n) is 12.2. The van der Waals surface area contributed by atoms with Gasteiger partial charge in [-0.15, -0.1) is 11.8 Å². The number of aromatic hydroxyl groups is 1. The molecule has 0 spiro atoms. The van der Waals surface area contributed by atoms with Crippen LogP contribution in [0.15, 0.2) is 51.8 Å². The maximum absolute atomic E-state index is 9.43. The molecule has 108 valence electrons. The Balaban J connectivity index is 2.16. The van der Waals surface area contributed by atoms with E-state index in [4.69, 9.17) is 4.42 Å². The van der Waals surface area contributed by atoms with Gasteiger partial charge in [0, 0.05) is 10.9 Å². The van der Waals surface area contributed by atoms with Crippen molar-refractivity contribution < 1.29 is 9.52 Å². The van der Waals surface area contributed by atoms with Gasteiger partial charge in [0.1, 0.15) is 17.1 Å². The van der Waals surface area contributed by atoms with Crippen molar-refractivity contribution >= 4 is 22.7 Å². The molecule has 1 heterocycles. The predicted molar refractivity (Wildman–Crippen MR) is 89.1 cm³/mol. The number of phenolic OH excluding ortho intramolecular Hbond substituents is 1. The van der Waals surface area contributed by atoms with Crippen molar-refractivity contribution in [3.8, 4) is 17.1 Å². The van der Waals surface area contributed by atoms with Crippen LogP contribution in [0.2, 0.25) is 0 Å². The van der Waals surface area contributed by atoms with Crippen molar-refractivity contribution in [3.05, 3.63) is 48.0 Å². The standard InChI is InChI=1S/C18H18O2S/c1-3-4-12-5-10-16-15(11-12)18(21-2)17(20-16)13-6-8-14(19)9-7-13/h5-11,19H,3-4H2,1-2H3. The topological polar surface area (TPSA) is 33.4 Å². The van der Waals surface area contributed by atoms with Gasteiger partial charge >= 0.3 is 0 Å². The highest BCUT2D eigenvalue weighted by molar-refractivity contribution is 7.99. The van der Waals surface area contributed by atoms with Crippen LogP contribution in [-0.2, 0) is 6.42 Å². The third kappa shape index (κ3) is 2.66. The van der Waals surface area contributed by atoms with Gasteiger partial charge in [0.15, 0.2) is 0 Å². The van der Waals surface area contributed by atoms with Crippen LogP contribution in [-0.4, -0.2) is 11.4 Å². The number of thioether (sulfide) groups is 1. The molecule has 0 saturated carbocycles. The number of fused-ring (bicyclic) bond motifs is 1. The number of benzene rings is 2. The molecule has 0 bridgehead atoms. The summed E-state index contributed by atoms with van der Waals surface area (Å²) in [6, 6.07) is 13.6. The van der Waals surface area contributed by atoms with Crippen molar-refractivity contribution in [3.63, 3.8) is 0 Å². The van der Waals surface area contributed by atoms with Gasteiger partial charge in [0.25, 0.3) is 0 Å².